The molecule has 1 amide bonds. The first kappa shape index (κ1) is 13.9. The highest BCUT2D eigenvalue weighted by Crippen LogP contribution is 2.21. The number of hydrogen-bond donors (Lipinski definition) is 1. The SMILES string of the molecule is O=C(NCC(F)F)c1cc(F)c([N+](=O)[O-])cc1F. The third-order valence-electron chi connectivity index (χ3n) is 1.89. The molecule has 9 heteroatoms. The first-order chi connectivity index (χ1) is 8.32. The largest absolute Gasteiger partial charge is 0.346 e. The van der Waals surface area contributed by atoms with Crippen LogP contribution in [0.5, 0.6) is 0 Å². The van der Waals surface area contributed by atoms with Crippen LogP contribution >= 0.6 is 0 Å². The molecule has 1 aromatic carbocycles. The lowest BCUT2D eigenvalue weighted by atomic mass is 10.1. The van der Waals surface area contributed by atoms with Crippen molar-refractivity contribution in [3.8, 4) is 0 Å². The van der Waals surface area contributed by atoms with E-state index < -0.39 is 46.7 Å². The van der Waals surface area contributed by atoms with Crippen LogP contribution in [0, 0.1) is 21.7 Å². The number of hydrogen-bond acceptors (Lipinski definition) is 3. The molecule has 1 N–H and O–H groups in total. The number of rotatable bonds is 4. The molecule has 0 aromatic heterocycles. The van der Waals surface area contributed by atoms with Crippen molar-refractivity contribution in [2.24, 2.45) is 0 Å². The molecule has 0 saturated heterocycles. The first-order valence-electron chi connectivity index (χ1n) is 4.52. The number of carbonyl (C=O) groups is 1. The molecule has 18 heavy (non-hydrogen) atoms. The van der Waals surface area contributed by atoms with E-state index in [9.17, 15) is 32.5 Å². The summed E-state index contributed by atoms with van der Waals surface area (Å²) >= 11 is 0. The van der Waals surface area contributed by atoms with Crippen LogP contribution in [0.2, 0.25) is 0 Å². The number of nitrogens with one attached hydrogen (secondary N) is 1. The summed E-state index contributed by atoms with van der Waals surface area (Å²) in [5, 5.41) is 11.9. The fourth-order valence-electron chi connectivity index (χ4n) is 1.12. The van der Waals surface area contributed by atoms with E-state index in [0.717, 1.165) is 0 Å². The van der Waals surface area contributed by atoms with Gasteiger partial charge in [-0.2, -0.15) is 4.39 Å². The van der Waals surface area contributed by atoms with Gasteiger partial charge < -0.3 is 5.32 Å². The lowest BCUT2D eigenvalue weighted by Crippen LogP contribution is -2.29. The topological polar surface area (TPSA) is 72.2 Å². The zero-order chi connectivity index (χ0) is 13.9. The van der Waals surface area contributed by atoms with Crippen molar-refractivity contribution < 1.29 is 27.3 Å². The highest BCUT2D eigenvalue weighted by molar-refractivity contribution is 5.94. The van der Waals surface area contributed by atoms with Crippen molar-refractivity contribution in [2.75, 3.05) is 6.54 Å². The molecule has 0 fully saturated rings. The Bertz CT molecular complexity index is 493. The van der Waals surface area contributed by atoms with Crippen LogP contribution in [0.1, 0.15) is 10.4 Å². The van der Waals surface area contributed by atoms with Gasteiger partial charge in [-0.3, -0.25) is 14.9 Å². The quantitative estimate of drug-likeness (QED) is 0.513. The maximum absolute atomic E-state index is 13.2. The van der Waals surface area contributed by atoms with Gasteiger partial charge in [0.2, 0.25) is 5.82 Å². The standard InChI is InChI=1S/C9H6F4N2O3/c10-5-2-7(15(17)18)6(11)1-4(5)9(16)14-3-8(12)13/h1-2,8H,3H2,(H,14,16). The monoisotopic (exact) mass is 266 g/mol. The van der Waals surface area contributed by atoms with Crippen LogP contribution in [0.3, 0.4) is 0 Å². The molecule has 5 nitrogen and oxygen atoms in total. The predicted molar refractivity (Wildman–Crippen MR) is 51.3 cm³/mol. The lowest BCUT2D eigenvalue weighted by Gasteiger charge is -2.05. The number of nitro groups is 1. The molecule has 0 aliphatic carbocycles. The molecule has 1 rings (SSSR count). The molecule has 0 aliphatic rings. The van der Waals surface area contributed by atoms with E-state index in [1.165, 1.54) is 0 Å². The Kier molecular flexibility index (Phi) is 4.18. The molecule has 0 aliphatic heterocycles. The van der Waals surface area contributed by atoms with Crippen molar-refractivity contribution in [3.63, 3.8) is 0 Å². The number of amides is 1. The van der Waals surface area contributed by atoms with Gasteiger partial charge in [-0.1, -0.05) is 0 Å². The van der Waals surface area contributed by atoms with Gasteiger partial charge in [0.15, 0.2) is 0 Å². The first-order valence-corrected chi connectivity index (χ1v) is 4.52. The Morgan fingerprint density at radius 2 is 1.94 bits per heavy atom. The second-order valence-corrected chi connectivity index (χ2v) is 3.14. The van der Waals surface area contributed by atoms with Crippen LogP contribution in [-0.2, 0) is 0 Å². The summed E-state index contributed by atoms with van der Waals surface area (Å²) in [5.41, 5.74) is -2.02. The summed E-state index contributed by atoms with van der Waals surface area (Å²) in [6.45, 7) is -1.03. The summed E-state index contributed by atoms with van der Waals surface area (Å²) in [4.78, 5) is 20.3. The van der Waals surface area contributed by atoms with E-state index in [-0.39, 0.29) is 12.1 Å². The number of benzene rings is 1. The fourth-order valence-corrected chi connectivity index (χ4v) is 1.12. The van der Waals surface area contributed by atoms with E-state index in [0.29, 0.717) is 0 Å². The normalized spacial score (nSPS) is 10.5. The van der Waals surface area contributed by atoms with Crippen molar-refractivity contribution in [1.29, 1.82) is 0 Å². The molecule has 0 spiro atoms. The van der Waals surface area contributed by atoms with E-state index in [4.69, 9.17) is 0 Å². The molecule has 0 atom stereocenters. The smallest absolute Gasteiger partial charge is 0.307 e. The Labute approximate surface area is 97.6 Å². The zero-order valence-corrected chi connectivity index (χ0v) is 8.62. The van der Waals surface area contributed by atoms with Crippen LogP contribution in [0.25, 0.3) is 0 Å². The Balaban J connectivity index is 3.01. The molecule has 0 heterocycles. The molecule has 0 saturated carbocycles. The average Bonchev–Trinajstić information content (AvgIpc) is 2.28. The van der Waals surface area contributed by atoms with E-state index in [1.54, 1.807) is 5.32 Å². The van der Waals surface area contributed by atoms with Gasteiger partial charge in [0.1, 0.15) is 5.82 Å². The van der Waals surface area contributed by atoms with Crippen LogP contribution in [0.4, 0.5) is 23.2 Å². The molecular formula is C9H6F4N2O3. The van der Waals surface area contributed by atoms with E-state index >= 15 is 0 Å². The van der Waals surface area contributed by atoms with Crippen molar-refractivity contribution >= 4 is 11.6 Å². The van der Waals surface area contributed by atoms with Gasteiger partial charge >= 0.3 is 5.69 Å². The van der Waals surface area contributed by atoms with Gasteiger partial charge in [-0.05, 0) is 6.07 Å². The Hall–Kier alpha value is -2.19. The van der Waals surface area contributed by atoms with E-state index in [1.807, 2.05) is 0 Å². The third kappa shape index (κ3) is 3.15. The van der Waals surface area contributed by atoms with E-state index in [2.05, 4.69) is 0 Å². The Morgan fingerprint density at radius 1 is 1.33 bits per heavy atom. The second kappa shape index (κ2) is 5.43. The lowest BCUT2D eigenvalue weighted by molar-refractivity contribution is -0.387. The third-order valence-corrected chi connectivity index (χ3v) is 1.89. The minimum atomic E-state index is -2.85. The molecule has 0 radical (unpaired) electrons. The molecule has 1 aromatic rings. The number of nitro benzene ring substituents is 1. The van der Waals surface area contributed by atoms with Gasteiger partial charge in [-0.15, -0.1) is 0 Å². The van der Waals surface area contributed by atoms with Crippen LogP contribution in [0.15, 0.2) is 12.1 Å². The van der Waals surface area contributed by atoms with Crippen molar-refractivity contribution in [2.45, 2.75) is 6.43 Å². The second-order valence-electron chi connectivity index (χ2n) is 3.14. The Morgan fingerprint density at radius 3 is 2.44 bits per heavy atom. The van der Waals surface area contributed by atoms with Crippen LogP contribution < -0.4 is 5.32 Å². The minimum absolute atomic E-state index is 0.215. The highest BCUT2D eigenvalue weighted by Gasteiger charge is 2.22. The number of carbonyl (C=O) groups excluding carboxylic acids is 1. The fraction of sp³-hybridized carbons (Fsp3) is 0.222. The molecular weight excluding hydrogens is 260 g/mol. The maximum Gasteiger partial charge on any atom is 0.307 e. The predicted octanol–water partition coefficient (Wildman–Crippen LogP) is 1.87. The summed E-state index contributed by atoms with van der Waals surface area (Å²) in [6.07, 6.45) is -2.85. The number of halogens is 4. The minimum Gasteiger partial charge on any atom is -0.346 e. The average molecular weight is 266 g/mol. The van der Waals surface area contributed by atoms with Gasteiger partial charge in [0.25, 0.3) is 12.3 Å². The van der Waals surface area contributed by atoms with Crippen molar-refractivity contribution in [3.05, 3.63) is 39.4 Å². The summed E-state index contributed by atoms with van der Waals surface area (Å²) in [6, 6.07) is 0.501. The van der Waals surface area contributed by atoms with Gasteiger partial charge in [0.05, 0.1) is 23.1 Å². The van der Waals surface area contributed by atoms with Crippen LogP contribution in [-0.4, -0.2) is 23.8 Å². The van der Waals surface area contributed by atoms with Gasteiger partial charge in [-0.25, -0.2) is 13.2 Å². The highest BCUT2D eigenvalue weighted by atomic mass is 19.3. The maximum atomic E-state index is 13.2. The summed E-state index contributed by atoms with van der Waals surface area (Å²) < 4.78 is 49.9. The number of alkyl halides is 2. The molecule has 98 valence electrons. The molecule has 0 bridgehead atoms. The summed E-state index contributed by atoms with van der Waals surface area (Å²) in [7, 11) is 0. The van der Waals surface area contributed by atoms with Gasteiger partial charge in [0, 0.05) is 0 Å². The molecule has 0 unspecified atom stereocenters. The summed E-state index contributed by atoms with van der Waals surface area (Å²) in [5.74, 6) is -4.07. The van der Waals surface area contributed by atoms with Crippen molar-refractivity contribution in [1.82, 2.24) is 5.32 Å². The number of nitrogens with zero attached hydrogens (tertiary/aromatic N) is 1. The zero-order valence-electron chi connectivity index (χ0n) is 8.62.